The largest absolute Gasteiger partial charge is 0.378 e. The van der Waals surface area contributed by atoms with Crippen molar-refractivity contribution in [2.45, 2.75) is 25.9 Å². The first-order chi connectivity index (χ1) is 9.97. The minimum Gasteiger partial charge on any atom is -0.378 e. The van der Waals surface area contributed by atoms with Crippen molar-refractivity contribution >= 4 is 5.69 Å². The van der Waals surface area contributed by atoms with Crippen molar-refractivity contribution in [3.63, 3.8) is 0 Å². The first-order valence-corrected chi connectivity index (χ1v) is 7.26. The molecule has 2 rings (SSSR count). The van der Waals surface area contributed by atoms with Crippen molar-refractivity contribution in [1.29, 1.82) is 0 Å². The average molecular weight is 286 g/mol. The fourth-order valence-electron chi connectivity index (χ4n) is 2.38. The van der Waals surface area contributed by atoms with E-state index in [4.69, 9.17) is 0 Å². The SMILES string of the molecule is CC(N[C@@H](C)c1ccc(F)cc1)c1ccc(N(C)C)cc1. The van der Waals surface area contributed by atoms with Crippen LogP contribution in [0.25, 0.3) is 0 Å². The van der Waals surface area contributed by atoms with E-state index in [1.165, 1.54) is 23.4 Å². The van der Waals surface area contributed by atoms with E-state index in [1.807, 2.05) is 26.2 Å². The second kappa shape index (κ2) is 6.72. The molecule has 0 aromatic heterocycles. The summed E-state index contributed by atoms with van der Waals surface area (Å²) in [5.74, 6) is -0.196. The Labute approximate surface area is 126 Å². The molecule has 0 radical (unpaired) electrons. The van der Waals surface area contributed by atoms with Crippen LogP contribution in [-0.4, -0.2) is 14.1 Å². The predicted octanol–water partition coefficient (Wildman–Crippen LogP) is 4.30. The number of hydrogen-bond donors (Lipinski definition) is 1. The van der Waals surface area contributed by atoms with Gasteiger partial charge in [0.15, 0.2) is 0 Å². The summed E-state index contributed by atoms with van der Waals surface area (Å²) in [6, 6.07) is 15.6. The third-order valence-electron chi connectivity index (χ3n) is 3.78. The van der Waals surface area contributed by atoms with Gasteiger partial charge in [0.2, 0.25) is 0 Å². The van der Waals surface area contributed by atoms with E-state index in [0.29, 0.717) is 0 Å². The molecule has 0 fully saturated rings. The Morgan fingerprint density at radius 2 is 1.24 bits per heavy atom. The van der Waals surface area contributed by atoms with Gasteiger partial charge in [0.1, 0.15) is 5.82 Å². The number of halogens is 1. The van der Waals surface area contributed by atoms with Crippen LogP contribution < -0.4 is 10.2 Å². The molecule has 0 aliphatic carbocycles. The summed E-state index contributed by atoms with van der Waals surface area (Å²) in [4.78, 5) is 2.09. The lowest BCUT2D eigenvalue weighted by Crippen LogP contribution is -2.22. The molecule has 0 heterocycles. The molecule has 0 spiro atoms. The van der Waals surface area contributed by atoms with E-state index in [1.54, 1.807) is 0 Å². The second-order valence-corrected chi connectivity index (χ2v) is 5.65. The standard InChI is InChI=1S/C18H23FN2/c1-13(15-5-9-17(19)10-6-15)20-14(2)16-7-11-18(12-8-16)21(3)4/h5-14,20H,1-4H3/t13-,14?/m0/s1. The molecule has 112 valence electrons. The zero-order valence-corrected chi connectivity index (χ0v) is 13.1. The summed E-state index contributed by atoms with van der Waals surface area (Å²) in [5, 5.41) is 3.54. The number of nitrogens with one attached hydrogen (secondary N) is 1. The van der Waals surface area contributed by atoms with Crippen LogP contribution in [0.4, 0.5) is 10.1 Å². The van der Waals surface area contributed by atoms with E-state index in [0.717, 1.165) is 5.56 Å². The minimum absolute atomic E-state index is 0.175. The topological polar surface area (TPSA) is 15.3 Å². The summed E-state index contributed by atoms with van der Waals surface area (Å²) in [6.45, 7) is 4.24. The summed E-state index contributed by atoms with van der Waals surface area (Å²) in [6.07, 6.45) is 0. The van der Waals surface area contributed by atoms with Gasteiger partial charge in [0, 0.05) is 31.9 Å². The van der Waals surface area contributed by atoms with Crippen LogP contribution in [0.15, 0.2) is 48.5 Å². The molecule has 1 unspecified atom stereocenters. The summed E-state index contributed by atoms with van der Waals surface area (Å²) in [5.41, 5.74) is 3.53. The molecule has 2 atom stereocenters. The Morgan fingerprint density at radius 3 is 1.67 bits per heavy atom. The van der Waals surface area contributed by atoms with Crippen LogP contribution in [-0.2, 0) is 0 Å². The van der Waals surface area contributed by atoms with Crippen LogP contribution in [0.1, 0.15) is 37.1 Å². The van der Waals surface area contributed by atoms with Gasteiger partial charge in [-0.2, -0.15) is 0 Å². The van der Waals surface area contributed by atoms with Gasteiger partial charge in [-0.1, -0.05) is 24.3 Å². The maximum atomic E-state index is 13.0. The molecule has 2 aromatic carbocycles. The van der Waals surface area contributed by atoms with Crippen LogP contribution >= 0.6 is 0 Å². The summed E-state index contributed by atoms with van der Waals surface area (Å²) in [7, 11) is 4.07. The van der Waals surface area contributed by atoms with Crippen molar-refractivity contribution < 1.29 is 4.39 Å². The Hall–Kier alpha value is -1.87. The lowest BCUT2D eigenvalue weighted by molar-refractivity contribution is 0.494. The second-order valence-electron chi connectivity index (χ2n) is 5.65. The molecule has 3 heteroatoms. The van der Waals surface area contributed by atoms with Gasteiger partial charge in [-0.05, 0) is 49.2 Å². The van der Waals surface area contributed by atoms with Gasteiger partial charge in [-0.25, -0.2) is 4.39 Å². The van der Waals surface area contributed by atoms with Gasteiger partial charge in [-0.15, -0.1) is 0 Å². The third-order valence-corrected chi connectivity index (χ3v) is 3.78. The van der Waals surface area contributed by atoms with E-state index in [9.17, 15) is 4.39 Å². The maximum absolute atomic E-state index is 13.0. The zero-order valence-electron chi connectivity index (χ0n) is 13.1. The molecule has 21 heavy (non-hydrogen) atoms. The third kappa shape index (κ3) is 4.05. The Bertz CT molecular complexity index is 561. The van der Waals surface area contributed by atoms with Crippen LogP contribution in [0.2, 0.25) is 0 Å². The van der Waals surface area contributed by atoms with Crippen LogP contribution in [0.5, 0.6) is 0 Å². The number of benzene rings is 2. The monoisotopic (exact) mass is 286 g/mol. The van der Waals surface area contributed by atoms with Crippen molar-refractivity contribution in [2.75, 3.05) is 19.0 Å². The van der Waals surface area contributed by atoms with E-state index >= 15 is 0 Å². The molecule has 2 nitrogen and oxygen atoms in total. The Balaban J connectivity index is 2.03. The molecule has 0 amide bonds. The first kappa shape index (κ1) is 15.5. The highest BCUT2D eigenvalue weighted by molar-refractivity contribution is 5.46. The summed E-state index contributed by atoms with van der Waals surface area (Å²) < 4.78 is 13.0. The molecule has 0 aliphatic rings. The highest BCUT2D eigenvalue weighted by atomic mass is 19.1. The Kier molecular flexibility index (Phi) is 4.97. The Morgan fingerprint density at radius 1 is 0.810 bits per heavy atom. The van der Waals surface area contributed by atoms with Gasteiger partial charge in [-0.3, -0.25) is 0 Å². The van der Waals surface area contributed by atoms with Crippen molar-refractivity contribution in [2.24, 2.45) is 0 Å². The normalized spacial score (nSPS) is 13.8. The first-order valence-electron chi connectivity index (χ1n) is 7.26. The van der Waals surface area contributed by atoms with E-state index < -0.39 is 0 Å². The van der Waals surface area contributed by atoms with Crippen molar-refractivity contribution in [1.82, 2.24) is 5.32 Å². The number of anilines is 1. The fraction of sp³-hybridized carbons (Fsp3) is 0.333. The molecule has 1 N–H and O–H groups in total. The van der Waals surface area contributed by atoms with Gasteiger partial charge in [0.25, 0.3) is 0 Å². The molecule has 0 aliphatic heterocycles. The molecular weight excluding hydrogens is 263 g/mol. The van der Waals surface area contributed by atoms with Crippen LogP contribution in [0, 0.1) is 5.82 Å². The zero-order chi connectivity index (χ0) is 15.4. The average Bonchev–Trinajstić information content (AvgIpc) is 2.47. The number of hydrogen-bond acceptors (Lipinski definition) is 2. The quantitative estimate of drug-likeness (QED) is 0.881. The molecule has 2 aromatic rings. The molecule has 0 saturated heterocycles. The fourth-order valence-corrected chi connectivity index (χ4v) is 2.38. The lowest BCUT2D eigenvalue weighted by atomic mass is 10.0. The molecule has 0 saturated carbocycles. The highest BCUT2D eigenvalue weighted by Crippen LogP contribution is 2.21. The van der Waals surface area contributed by atoms with Crippen molar-refractivity contribution in [3.05, 3.63) is 65.5 Å². The number of nitrogens with zero attached hydrogens (tertiary/aromatic N) is 1. The minimum atomic E-state index is -0.196. The summed E-state index contributed by atoms with van der Waals surface area (Å²) >= 11 is 0. The van der Waals surface area contributed by atoms with E-state index in [-0.39, 0.29) is 17.9 Å². The smallest absolute Gasteiger partial charge is 0.123 e. The van der Waals surface area contributed by atoms with Gasteiger partial charge >= 0.3 is 0 Å². The van der Waals surface area contributed by atoms with Crippen LogP contribution in [0.3, 0.4) is 0 Å². The van der Waals surface area contributed by atoms with Gasteiger partial charge < -0.3 is 10.2 Å². The lowest BCUT2D eigenvalue weighted by Gasteiger charge is -2.21. The molecule has 0 bridgehead atoms. The van der Waals surface area contributed by atoms with Crippen molar-refractivity contribution in [3.8, 4) is 0 Å². The van der Waals surface area contributed by atoms with Gasteiger partial charge in [0.05, 0.1) is 0 Å². The maximum Gasteiger partial charge on any atom is 0.123 e. The highest BCUT2D eigenvalue weighted by Gasteiger charge is 2.11. The molecular formula is C18H23FN2. The predicted molar refractivity (Wildman–Crippen MR) is 87.1 cm³/mol. The number of rotatable bonds is 5. The van der Waals surface area contributed by atoms with E-state index in [2.05, 4.69) is 48.3 Å².